The summed E-state index contributed by atoms with van der Waals surface area (Å²) in [7, 11) is 0. The molecule has 6 rings (SSSR count). The number of Topliss-reactive ketones (excluding diaryl/α,β-unsaturated/α-hetero) is 1. The third kappa shape index (κ3) is 3.36. The highest BCUT2D eigenvalue weighted by Gasteiger charge is 2.31. The second-order valence-electron chi connectivity index (χ2n) is 9.63. The third-order valence-corrected chi connectivity index (χ3v) is 7.50. The summed E-state index contributed by atoms with van der Waals surface area (Å²) in [6.45, 7) is 8.59. The molecule has 0 amide bonds. The molecule has 1 aromatic carbocycles. The molecule has 0 saturated carbocycles. The van der Waals surface area contributed by atoms with E-state index in [0.29, 0.717) is 12.5 Å². The average Bonchev–Trinajstić information content (AvgIpc) is 3.39. The molecule has 1 aliphatic carbocycles. The number of carbonyl (C=O) groups excluding carboxylic acids is 1. The highest BCUT2D eigenvalue weighted by molar-refractivity contribution is 6.05. The molecule has 0 bridgehead atoms. The maximum absolute atomic E-state index is 13.1. The molecule has 32 heavy (non-hydrogen) atoms. The van der Waals surface area contributed by atoms with Crippen molar-refractivity contribution < 1.29 is 4.79 Å². The van der Waals surface area contributed by atoms with Crippen LogP contribution >= 0.6 is 0 Å². The number of fused-ring (bicyclic) bond motifs is 3. The summed E-state index contributed by atoms with van der Waals surface area (Å²) in [5.41, 5.74) is 8.71. The number of allylic oxidation sites excluding steroid dienone is 1. The molecule has 0 spiro atoms. The molecule has 3 aliphatic rings. The largest absolute Gasteiger partial charge is 0.369 e. The number of carbonyl (C=O) groups is 1. The van der Waals surface area contributed by atoms with E-state index in [0.717, 1.165) is 54.1 Å². The van der Waals surface area contributed by atoms with Crippen LogP contribution in [-0.2, 0) is 0 Å². The van der Waals surface area contributed by atoms with Gasteiger partial charge in [-0.2, -0.15) is 0 Å². The van der Waals surface area contributed by atoms with Crippen molar-refractivity contribution in [1.29, 1.82) is 0 Å². The molecule has 2 fully saturated rings. The second kappa shape index (κ2) is 7.59. The first-order valence-electron chi connectivity index (χ1n) is 11.9. The van der Waals surface area contributed by atoms with Gasteiger partial charge in [-0.05, 0) is 74.6 Å². The van der Waals surface area contributed by atoms with Gasteiger partial charge in [0.25, 0.3) is 0 Å². The predicted octanol–water partition coefficient (Wildman–Crippen LogP) is 4.75. The van der Waals surface area contributed by atoms with Crippen molar-refractivity contribution in [3.8, 4) is 0 Å². The van der Waals surface area contributed by atoms with Crippen LogP contribution < -0.4 is 4.90 Å². The lowest BCUT2D eigenvalue weighted by molar-refractivity contribution is 0.0985. The Morgan fingerprint density at radius 3 is 2.84 bits per heavy atom. The summed E-state index contributed by atoms with van der Waals surface area (Å²) in [6, 6.07) is 9.40. The number of ketones is 1. The number of rotatable bonds is 2. The molecule has 2 aliphatic heterocycles. The average molecular weight is 427 g/mol. The maximum atomic E-state index is 13.1. The standard InChI is InChI=1S/C27H30N4O/c1-18-15-31-16-22(13-26(31)19(2)28-18)20-6-8-27(32)25-14-23(7-5-21(25)12-20)30-11-10-29-9-3-4-24(29)17-30/h5,7,12-16,24H,3-4,6,8-11,17H2,1-2H3/t24-/m1/s1. The lowest BCUT2D eigenvalue weighted by Gasteiger charge is -2.39. The van der Waals surface area contributed by atoms with Crippen LogP contribution in [0.2, 0.25) is 0 Å². The van der Waals surface area contributed by atoms with Gasteiger partial charge in [0.1, 0.15) is 0 Å². The van der Waals surface area contributed by atoms with Gasteiger partial charge in [0.2, 0.25) is 0 Å². The van der Waals surface area contributed by atoms with Crippen molar-refractivity contribution in [2.45, 2.75) is 45.6 Å². The fraction of sp³-hybridized carbons (Fsp3) is 0.407. The number of anilines is 1. The van der Waals surface area contributed by atoms with Gasteiger partial charge in [-0.25, -0.2) is 0 Å². The van der Waals surface area contributed by atoms with Crippen LogP contribution in [0.15, 0.2) is 36.7 Å². The van der Waals surface area contributed by atoms with E-state index in [1.54, 1.807) is 0 Å². The summed E-state index contributed by atoms with van der Waals surface area (Å²) in [6.07, 6.45) is 10.4. The van der Waals surface area contributed by atoms with Crippen LogP contribution in [0.25, 0.3) is 17.2 Å². The lowest BCUT2D eigenvalue weighted by Crippen LogP contribution is -2.50. The molecule has 2 aromatic heterocycles. The van der Waals surface area contributed by atoms with E-state index in [4.69, 9.17) is 0 Å². The summed E-state index contributed by atoms with van der Waals surface area (Å²) in [4.78, 5) is 22.8. The SMILES string of the molecule is Cc1cn2cc(C3=Cc4ccc(N5CCN6CCC[C@@H]6C5)cc4C(=O)CC3)cc2c(C)n1. The van der Waals surface area contributed by atoms with Crippen LogP contribution in [0, 0.1) is 13.8 Å². The maximum Gasteiger partial charge on any atom is 0.163 e. The number of aromatic nitrogens is 2. The van der Waals surface area contributed by atoms with Crippen molar-refractivity contribution in [2.75, 3.05) is 31.1 Å². The minimum absolute atomic E-state index is 0.255. The Hall–Kier alpha value is -2.92. The normalized spacial score (nSPS) is 21.4. The summed E-state index contributed by atoms with van der Waals surface area (Å²) in [5.74, 6) is 0.255. The van der Waals surface area contributed by atoms with E-state index in [2.05, 4.69) is 68.8 Å². The van der Waals surface area contributed by atoms with Gasteiger partial charge in [-0.1, -0.05) is 12.1 Å². The minimum Gasteiger partial charge on any atom is -0.369 e. The third-order valence-electron chi connectivity index (χ3n) is 7.50. The first-order chi connectivity index (χ1) is 15.5. The molecule has 2 saturated heterocycles. The van der Waals surface area contributed by atoms with Crippen LogP contribution in [-0.4, -0.2) is 52.3 Å². The van der Waals surface area contributed by atoms with Gasteiger partial charge < -0.3 is 9.30 Å². The molecule has 164 valence electrons. The Kier molecular flexibility index (Phi) is 4.68. The smallest absolute Gasteiger partial charge is 0.163 e. The molecule has 5 heteroatoms. The molecule has 0 radical (unpaired) electrons. The van der Waals surface area contributed by atoms with E-state index >= 15 is 0 Å². The van der Waals surface area contributed by atoms with Crippen LogP contribution in [0.1, 0.15) is 58.6 Å². The fourth-order valence-electron chi connectivity index (χ4n) is 5.81. The van der Waals surface area contributed by atoms with Crippen LogP contribution in [0.3, 0.4) is 0 Å². The van der Waals surface area contributed by atoms with Gasteiger partial charge in [0, 0.05) is 55.7 Å². The topological polar surface area (TPSA) is 40.9 Å². The lowest BCUT2D eigenvalue weighted by atomic mass is 10.0. The number of nitrogens with zero attached hydrogens (tertiary/aromatic N) is 4. The molecular formula is C27H30N4O. The first kappa shape index (κ1) is 19.7. The number of piperazine rings is 1. The molecule has 4 heterocycles. The Balaban J connectivity index is 1.34. The number of hydrogen-bond acceptors (Lipinski definition) is 4. The highest BCUT2D eigenvalue weighted by Crippen LogP contribution is 2.34. The van der Waals surface area contributed by atoms with Crippen molar-refractivity contribution in [3.63, 3.8) is 0 Å². The highest BCUT2D eigenvalue weighted by atomic mass is 16.1. The quantitative estimate of drug-likeness (QED) is 0.593. The van der Waals surface area contributed by atoms with Gasteiger partial charge in [0.05, 0.1) is 16.9 Å². The Morgan fingerprint density at radius 2 is 1.94 bits per heavy atom. The van der Waals surface area contributed by atoms with Gasteiger partial charge in [0.15, 0.2) is 5.78 Å². The second-order valence-corrected chi connectivity index (χ2v) is 9.63. The van der Waals surface area contributed by atoms with Gasteiger partial charge in [-0.15, -0.1) is 0 Å². The van der Waals surface area contributed by atoms with Crippen molar-refractivity contribution >= 4 is 28.6 Å². The molecule has 0 N–H and O–H groups in total. The fourth-order valence-corrected chi connectivity index (χ4v) is 5.81. The zero-order chi connectivity index (χ0) is 21.8. The number of aryl methyl sites for hydroxylation is 2. The minimum atomic E-state index is 0.255. The molecular weight excluding hydrogens is 396 g/mol. The Morgan fingerprint density at radius 1 is 1.03 bits per heavy atom. The van der Waals surface area contributed by atoms with Crippen LogP contribution in [0.5, 0.6) is 0 Å². The van der Waals surface area contributed by atoms with E-state index in [1.165, 1.54) is 36.2 Å². The van der Waals surface area contributed by atoms with E-state index in [1.807, 2.05) is 6.92 Å². The van der Waals surface area contributed by atoms with E-state index in [9.17, 15) is 4.79 Å². The van der Waals surface area contributed by atoms with Gasteiger partial charge in [-0.3, -0.25) is 14.7 Å². The zero-order valence-corrected chi connectivity index (χ0v) is 19.0. The monoisotopic (exact) mass is 426 g/mol. The Labute approximate surface area is 189 Å². The predicted molar refractivity (Wildman–Crippen MR) is 129 cm³/mol. The zero-order valence-electron chi connectivity index (χ0n) is 19.0. The van der Waals surface area contributed by atoms with Crippen molar-refractivity contribution in [2.24, 2.45) is 0 Å². The Bertz CT molecular complexity index is 1250. The van der Waals surface area contributed by atoms with E-state index in [-0.39, 0.29) is 5.78 Å². The van der Waals surface area contributed by atoms with Gasteiger partial charge >= 0.3 is 0 Å². The van der Waals surface area contributed by atoms with Crippen molar-refractivity contribution in [3.05, 3.63) is 64.7 Å². The van der Waals surface area contributed by atoms with Crippen LogP contribution in [0.4, 0.5) is 5.69 Å². The summed E-state index contributed by atoms with van der Waals surface area (Å²) < 4.78 is 2.16. The summed E-state index contributed by atoms with van der Waals surface area (Å²) in [5, 5.41) is 0. The first-order valence-corrected chi connectivity index (χ1v) is 11.9. The van der Waals surface area contributed by atoms with Crippen molar-refractivity contribution in [1.82, 2.24) is 14.3 Å². The molecule has 3 aromatic rings. The molecule has 5 nitrogen and oxygen atoms in total. The number of hydrogen-bond donors (Lipinski definition) is 0. The molecule has 1 atom stereocenters. The number of benzene rings is 1. The summed E-state index contributed by atoms with van der Waals surface area (Å²) >= 11 is 0. The molecule has 0 unspecified atom stereocenters. The van der Waals surface area contributed by atoms with E-state index < -0.39 is 0 Å².